The molecule has 2 aromatic carbocycles. The summed E-state index contributed by atoms with van der Waals surface area (Å²) in [5, 5.41) is 9.06. The molecule has 0 aliphatic rings. The normalized spacial score (nSPS) is 11.0. The molecule has 0 heterocycles. The fraction of sp³-hybridized carbons (Fsp3) is 0.235. The molecule has 0 bridgehead atoms. The van der Waals surface area contributed by atoms with Crippen LogP contribution in [0.25, 0.3) is 0 Å². The fourth-order valence-corrected chi connectivity index (χ4v) is 3.56. The molecule has 0 aliphatic carbocycles. The van der Waals surface area contributed by atoms with Crippen molar-refractivity contribution in [2.24, 2.45) is 0 Å². The lowest BCUT2D eigenvalue weighted by atomic mass is 10.1. The number of hydrogen-bond acceptors (Lipinski definition) is 5. The van der Waals surface area contributed by atoms with Crippen molar-refractivity contribution in [3.63, 3.8) is 0 Å². The van der Waals surface area contributed by atoms with Gasteiger partial charge in [0.25, 0.3) is 10.0 Å². The molecular weight excluding hydrogens is 346 g/mol. The highest BCUT2D eigenvalue weighted by Crippen LogP contribution is 2.31. The van der Waals surface area contributed by atoms with E-state index in [-0.39, 0.29) is 16.1 Å². The van der Waals surface area contributed by atoms with E-state index in [2.05, 4.69) is 4.72 Å². The number of carboxylic acid groups (broad SMARTS) is 1. The van der Waals surface area contributed by atoms with Crippen LogP contribution in [-0.4, -0.2) is 33.2 Å². The van der Waals surface area contributed by atoms with Crippen LogP contribution in [0.3, 0.4) is 0 Å². The van der Waals surface area contributed by atoms with Gasteiger partial charge >= 0.3 is 5.97 Å². The zero-order valence-electron chi connectivity index (χ0n) is 14.1. The summed E-state index contributed by atoms with van der Waals surface area (Å²) < 4.78 is 38.3. The van der Waals surface area contributed by atoms with Crippen molar-refractivity contribution in [1.29, 1.82) is 0 Å². The Balaban J connectivity index is 2.39. The summed E-state index contributed by atoms with van der Waals surface area (Å²) in [5.41, 5.74) is 0.617. The molecule has 0 atom stereocenters. The number of carbonyl (C=O) groups is 1. The lowest BCUT2D eigenvalue weighted by Gasteiger charge is -2.14. The summed E-state index contributed by atoms with van der Waals surface area (Å²) in [4.78, 5) is 11.0. The first-order valence-corrected chi connectivity index (χ1v) is 8.94. The van der Waals surface area contributed by atoms with E-state index in [1.807, 2.05) is 6.92 Å². The highest BCUT2D eigenvalue weighted by molar-refractivity contribution is 7.92. The van der Waals surface area contributed by atoms with Crippen molar-refractivity contribution >= 4 is 21.7 Å². The maximum atomic E-state index is 12.6. The number of sulfonamides is 1. The maximum Gasteiger partial charge on any atom is 0.335 e. The summed E-state index contributed by atoms with van der Waals surface area (Å²) in [7, 11) is -2.50. The van der Waals surface area contributed by atoms with Crippen LogP contribution in [0.2, 0.25) is 0 Å². The van der Waals surface area contributed by atoms with Crippen LogP contribution in [-0.2, 0) is 10.0 Å². The van der Waals surface area contributed by atoms with Gasteiger partial charge in [0, 0.05) is 6.07 Å². The van der Waals surface area contributed by atoms with Gasteiger partial charge in [-0.05, 0) is 43.7 Å². The van der Waals surface area contributed by atoms with E-state index in [4.69, 9.17) is 14.6 Å². The molecule has 0 fully saturated rings. The van der Waals surface area contributed by atoms with E-state index in [0.29, 0.717) is 23.7 Å². The summed E-state index contributed by atoms with van der Waals surface area (Å²) in [6.45, 7) is 3.87. The Morgan fingerprint density at radius 1 is 1.16 bits per heavy atom. The number of rotatable bonds is 7. The number of benzene rings is 2. The van der Waals surface area contributed by atoms with Crippen molar-refractivity contribution in [2.75, 3.05) is 18.4 Å². The summed E-state index contributed by atoms with van der Waals surface area (Å²) in [5.74, 6) is -0.311. The second kappa shape index (κ2) is 7.43. The van der Waals surface area contributed by atoms with Crippen molar-refractivity contribution in [2.45, 2.75) is 18.7 Å². The second-order valence-electron chi connectivity index (χ2n) is 5.19. The largest absolute Gasteiger partial charge is 0.493 e. The molecule has 134 valence electrons. The first kappa shape index (κ1) is 18.6. The standard InChI is InChI=1S/C17H19NO6S/c1-4-24-14-8-7-13(10-15(14)23-3)18-25(21,22)16-9-12(17(19)20)6-5-11(16)2/h5-10,18H,4H2,1-3H3,(H,19,20). The van der Waals surface area contributed by atoms with Crippen molar-refractivity contribution in [1.82, 2.24) is 0 Å². The molecule has 0 aliphatic heterocycles. The fourth-order valence-electron chi connectivity index (χ4n) is 2.24. The van der Waals surface area contributed by atoms with E-state index in [9.17, 15) is 13.2 Å². The number of nitrogens with one attached hydrogen (secondary N) is 1. The lowest BCUT2D eigenvalue weighted by Crippen LogP contribution is -2.15. The van der Waals surface area contributed by atoms with Crippen LogP contribution in [0.15, 0.2) is 41.3 Å². The summed E-state index contributed by atoms with van der Waals surface area (Å²) in [6, 6.07) is 8.58. The molecule has 2 aromatic rings. The molecule has 0 unspecified atom stereocenters. The van der Waals surface area contributed by atoms with Gasteiger partial charge in [-0.3, -0.25) is 4.72 Å². The van der Waals surface area contributed by atoms with Gasteiger partial charge in [0.05, 0.1) is 29.9 Å². The van der Waals surface area contributed by atoms with Gasteiger partial charge in [0.15, 0.2) is 11.5 Å². The van der Waals surface area contributed by atoms with Crippen LogP contribution in [0.1, 0.15) is 22.8 Å². The first-order valence-electron chi connectivity index (χ1n) is 7.46. The van der Waals surface area contributed by atoms with E-state index in [0.717, 1.165) is 6.07 Å². The van der Waals surface area contributed by atoms with E-state index >= 15 is 0 Å². The monoisotopic (exact) mass is 365 g/mol. The molecule has 2 N–H and O–H groups in total. The van der Waals surface area contributed by atoms with Gasteiger partial charge in [0.1, 0.15) is 0 Å². The van der Waals surface area contributed by atoms with Gasteiger partial charge in [-0.2, -0.15) is 0 Å². The topological polar surface area (TPSA) is 102 Å². The third kappa shape index (κ3) is 4.21. The molecule has 25 heavy (non-hydrogen) atoms. The van der Waals surface area contributed by atoms with Gasteiger partial charge < -0.3 is 14.6 Å². The second-order valence-corrected chi connectivity index (χ2v) is 6.84. The number of aromatic carboxylic acids is 1. The average molecular weight is 365 g/mol. The minimum absolute atomic E-state index is 0.0970. The predicted molar refractivity (Wildman–Crippen MR) is 93.1 cm³/mol. The minimum Gasteiger partial charge on any atom is -0.493 e. The molecule has 0 radical (unpaired) electrons. The SMILES string of the molecule is CCOc1ccc(NS(=O)(=O)c2cc(C(=O)O)ccc2C)cc1OC. The van der Waals surface area contributed by atoms with Gasteiger partial charge in [-0.25, -0.2) is 13.2 Å². The van der Waals surface area contributed by atoms with Crippen molar-refractivity contribution in [3.8, 4) is 11.5 Å². The molecule has 7 nitrogen and oxygen atoms in total. The van der Waals surface area contributed by atoms with Gasteiger partial charge in [0.2, 0.25) is 0 Å². The predicted octanol–water partition coefficient (Wildman–Crippen LogP) is 2.90. The van der Waals surface area contributed by atoms with Gasteiger partial charge in [-0.15, -0.1) is 0 Å². The Kier molecular flexibility index (Phi) is 5.53. The quantitative estimate of drug-likeness (QED) is 0.782. The number of methoxy groups -OCH3 is 1. The molecule has 2 rings (SSSR count). The van der Waals surface area contributed by atoms with E-state index in [1.54, 1.807) is 19.1 Å². The lowest BCUT2D eigenvalue weighted by molar-refractivity contribution is 0.0696. The zero-order valence-corrected chi connectivity index (χ0v) is 14.9. The first-order chi connectivity index (χ1) is 11.8. The van der Waals surface area contributed by atoms with Gasteiger partial charge in [-0.1, -0.05) is 6.07 Å². The van der Waals surface area contributed by atoms with Crippen molar-refractivity contribution in [3.05, 3.63) is 47.5 Å². The van der Waals surface area contributed by atoms with Crippen LogP contribution in [0.5, 0.6) is 11.5 Å². The molecule has 0 spiro atoms. The maximum absolute atomic E-state index is 12.6. The number of anilines is 1. The van der Waals surface area contributed by atoms with Crippen LogP contribution < -0.4 is 14.2 Å². The van der Waals surface area contributed by atoms with E-state index < -0.39 is 16.0 Å². The molecule has 8 heteroatoms. The highest BCUT2D eigenvalue weighted by atomic mass is 32.2. The third-order valence-corrected chi connectivity index (χ3v) is 4.96. The number of hydrogen-bond donors (Lipinski definition) is 2. The van der Waals surface area contributed by atoms with E-state index in [1.165, 1.54) is 25.3 Å². The van der Waals surface area contributed by atoms with Crippen molar-refractivity contribution < 1.29 is 27.8 Å². The number of aryl methyl sites for hydroxylation is 1. The molecule has 0 amide bonds. The Morgan fingerprint density at radius 2 is 1.88 bits per heavy atom. The highest BCUT2D eigenvalue weighted by Gasteiger charge is 2.20. The Hall–Kier alpha value is -2.74. The van der Waals surface area contributed by atoms with Crippen LogP contribution >= 0.6 is 0 Å². The molecular formula is C17H19NO6S. The Bertz CT molecular complexity index is 892. The van der Waals surface area contributed by atoms with Crippen LogP contribution in [0.4, 0.5) is 5.69 Å². The molecule has 0 aromatic heterocycles. The third-order valence-electron chi connectivity index (χ3n) is 3.44. The molecule has 0 saturated heterocycles. The minimum atomic E-state index is -3.96. The average Bonchev–Trinajstić information content (AvgIpc) is 2.56. The Labute approximate surface area is 146 Å². The number of ether oxygens (including phenoxy) is 2. The Morgan fingerprint density at radius 3 is 2.48 bits per heavy atom. The smallest absolute Gasteiger partial charge is 0.335 e. The van der Waals surface area contributed by atoms with Crippen LogP contribution in [0, 0.1) is 6.92 Å². The molecule has 0 saturated carbocycles. The summed E-state index contributed by atoms with van der Waals surface area (Å²) >= 11 is 0. The zero-order chi connectivity index (χ0) is 18.6. The number of carboxylic acids is 1. The summed E-state index contributed by atoms with van der Waals surface area (Å²) in [6.07, 6.45) is 0.